The molecule has 1 aromatic rings. The van der Waals surface area contributed by atoms with Crippen LogP contribution < -0.4 is 5.73 Å². The van der Waals surface area contributed by atoms with Gasteiger partial charge in [-0.2, -0.15) is 0 Å². The quantitative estimate of drug-likeness (QED) is 0.788. The molecule has 0 spiro atoms. The van der Waals surface area contributed by atoms with Crippen LogP contribution >= 0.6 is 11.6 Å². The molecule has 2 nitrogen and oxygen atoms in total. The summed E-state index contributed by atoms with van der Waals surface area (Å²) in [4.78, 5) is 0. The number of rotatable bonds is 2. The molecule has 2 rings (SSSR count). The van der Waals surface area contributed by atoms with Crippen LogP contribution in [-0.2, 0) is 0 Å². The highest BCUT2D eigenvalue weighted by atomic mass is 35.5. The lowest BCUT2D eigenvalue weighted by atomic mass is 9.72. The first-order chi connectivity index (χ1) is 6.62. The van der Waals surface area contributed by atoms with Gasteiger partial charge in [-0.1, -0.05) is 23.7 Å². The zero-order chi connectivity index (χ0) is 10.2. The summed E-state index contributed by atoms with van der Waals surface area (Å²) < 4.78 is 0. The summed E-state index contributed by atoms with van der Waals surface area (Å²) in [5, 5.41) is 10.7. The second kappa shape index (κ2) is 3.54. The third-order valence-electron chi connectivity index (χ3n) is 2.99. The van der Waals surface area contributed by atoms with Gasteiger partial charge in [0.2, 0.25) is 0 Å². The molecule has 0 aromatic heterocycles. The fraction of sp³-hybridized carbons (Fsp3) is 0.455. The van der Waals surface area contributed by atoms with E-state index in [1.807, 2.05) is 12.1 Å². The van der Waals surface area contributed by atoms with E-state index in [9.17, 15) is 5.11 Å². The lowest BCUT2D eigenvalue weighted by Gasteiger charge is -2.42. The van der Waals surface area contributed by atoms with E-state index < -0.39 is 11.6 Å². The van der Waals surface area contributed by atoms with Crippen molar-refractivity contribution in [3.8, 4) is 0 Å². The van der Waals surface area contributed by atoms with Gasteiger partial charge in [0.25, 0.3) is 0 Å². The normalized spacial score (nSPS) is 21.4. The number of halogens is 1. The average molecular weight is 212 g/mol. The van der Waals surface area contributed by atoms with E-state index in [1.54, 1.807) is 12.1 Å². The van der Waals surface area contributed by atoms with Crippen LogP contribution in [0.5, 0.6) is 0 Å². The van der Waals surface area contributed by atoms with Crippen molar-refractivity contribution >= 4 is 11.6 Å². The Morgan fingerprint density at radius 1 is 1.43 bits per heavy atom. The Morgan fingerprint density at radius 3 is 2.64 bits per heavy atom. The molecule has 0 bridgehead atoms. The number of aliphatic hydroxyl groups excluding tert-OH is 1. The Kier molecular flexibility index (Phi) is 2.52. The molecule has 1 aliphatic carbocycles. The zero-order valence-corrected chi connectivity index (χ0v) is 8.67. The summed E-state index contributed by atoms with van der Waals surface area (Å²) in [5.41, 5.74) is 6.43. The number of nitrogens with two attached hydrogens (primary N) is 1. The van der Waals surface area contributed by atoms with Crippen LogP contribution in [0.25, 0.3) is 0 Å². The van der Waals surface area contributed by atoms with E-state index in [1.165, 1.54) is 0 Å². The smallest absolute Gasteiger partial charge is 0.0969 e. The van der Waals surface area contributed by atoms with Crippen molar-refractivity contribution < 1.29 is 5.11 Å². The first-order valence-electron chi connectivity index (χ1n) is 4.84. The first-order valence-corrected chi connectivity index (χ1v) is 5.22. The molecule has 1 atom stereocenters. The molecule has 3 heteroatoms. The third kappa shape index (κ3) is 1.65. The highest BCUT2D eigenvalue weighted by Gasteiger charge is 2.40. The van der Waals surface area contributed by atoms with Crippen molar-refractivity contribution in [1.82, 2.24) is 0 Å². The number of aliphatic hydroxyl groups is 1. The predicted molar refractivity (Wildman–Crippen MR) is 57.2 cm³/mol. The minimum Gasteiger partial charge on any atom is -0.386 e. The maximum Gasteiger partial charge on any atom is 0.0969 e. The minimum atomic E-state index is -0.588. The van der Waals surface area contributed by atoms with E-state index in [0.29, 0.717) is 5.02 Å². The minimum absolute atomic E-state index is 0.426. The largest absolute Gasteiger partial charge is 0.386 e. The number of hydrogen-bond acceptors (Lipinski definition) is 2. The van der Waals surface area contributed by atoms with Gasteiger partial charge in [0.15, 0.2) is 0 Å². The molecule has 0 aliphatic heterocycles. The van der Waals surface area contributed by atoms with Crippen LogP contribution in [0.2, 0.25) is 5.02 Å². The number of hydrogen-bond donors (Lipinski definition) is 2. The van der Waals surface area contributed by atoms with E-state index >= 15 is 0 Å². The number of benzene rings is 1. The second-order valence-electron chi connectivity index (χ2n) is 4.04. The topological polar surface area (TPSA) is 46.2 Å². The Labute approximate surface area is 88.7 Å². The van der Waals surface area contributed by atoms with Gasteiger partial charge in [-0.3, -0.25) is 0 Å². The van der Waals surface area contributed by atoms with Gasteiger partial charge in [0.1, 0.15) is 0 Å². The Bertz CT molecular complexity index is 336. The van der Waals surface area contributed by atoms with E-state index in [4.69, 9.17) is 17.3 Å². The Morgan fingerprint density at radius 2 is 2.14 bits per heavy atom. The molecule has 0 amide bonds. The van der Waals surface area contributed by atoms with Crippen LogP contribution in [0.1, 0.15) is 30.9 Å². The second-order valence-corrected chi connectivity index (χ2v) is 4.48. The molecular weight excluding hydrogens is 198 g/mol. The maximum atomic E-state index is 10.0. The summed E-state index contributed by atoms with van der Waals surface area (Å²) in [5.74, 6) is 0. The summed E-state index contributed by atoms with van der Waals surface area (Å²) >= 11 is 5.85. The molecule has 76 valence electrons. The van der Waals surface area contributed by atoms with Gasteiger partial charge in [-0.25, -0.2) is 0 Å². The summed E-state index contributed by atoms with van der Waals surface area (Å²) in [6.45, 7) is 0. The highest BCUT2D eigenvalue weighted by molar-refractivity contribution is 6.30. The lowest BCUT2D eigenvalue weighted by Crippen LogP contribution is -2.51. The van der Waals surface area contributed by atoms with Gasteiger partial charge in [-0.15, -0.1) is 0 Å². The first kappa shape index (κ1) is 9.97. The fourth-order valence-electron chi connectivity index (χ4n) is 1.87. The van der Waals surface area contributed by atoms with Crippen LogP contribution in [0, 0.1) is 0 Å². The van der Waals surface area contributed by atoms with Crippen molar-refractivity contribution in [2.45, 2.75) is 30.9 Å². The molecule has 1 fully saturated rings. The average Bonchev–Trinajstić information content (AvgIpc) is 2.13. The molecule has 0 radical (unpaired) electrons. The SMILES string of the molecule is NC1(C(O)c2cccc(Cl)c2)CCC1. The molecule has 14 heavy (non-hydrogen) atoms. The molecule has 1 aliphatic rings. The monoisotopic (exact) mass is 211 g/mol. The highest BCUT2D eigenvalue weighted by Crippen LogP contribution is 2.40. The summed E-state index contributed by atoms with van der Waals surface area (Å²) in [6.07, 6.45) is 2.30. The molecule has 3 N–H and O–H groups in total. The van der Waals surface area contributed by atoms with E-state index in [0.717, 1.165) is 24.8 Å². The van der Waals surface area contributed by atoms with Gasteiger partial charge in [0.05, 0.1) is 6.10 Å². The van der Waals surface area contributed by atoms with Crippen LogP contribution in [0.4, 0.5) is 0 Å². The Balaban J connectivity index is 2.22. The standard InChI is InChI=1S/C11H14ClNO/c12-9-4-1-3-8(7-9)10(14)11(13)5-2-6-11/h1,3-4,7,10,14H,2,5-6,13H2. The Hall–Kier alpha value is -0.570. The maximum absolute atomic E-state index is 10.0. The summed E-state index contributed by atoms with van der Waals surface area (Å²) in [7, 11) is 0. The van der Waals surface area contributed by atoms with Crippen LogP contribution in [0.3, 0.4) is 0 Å². The fourth-order valence-corrected chi connectivity index (χ4v) is 2.07. The molecule has 0 saturated heterocycles. The molecule has 0 heterocycles. The van der Waals surface area contributed by atoms with Crippen molar-refractivity contribution in [2.24, 2.45) is 5.73 Å². The predicted octanol–water partition coefficient (Wildman–Crippen LogP) is 2.25. The van der Waals surface area contributed by atoms with E-state index in [2.05, 4.69) is 0 Å². The van der Waals surface area contributed by atoms with Crippen molar-refractivity contribution in [1.29, 1.82) is 0 Å². The van der Waals surface area contributed by atoms with Crippen LogP contribution in [-0.4, -0.2) is 10.6 Å². The molecule has 1 aromatic carbocycles. The summed E-state index contributed by atoms with van der Waals surface area (Å²) in [6, 6.07) is 7.27. The third-order valence-corrected chi connectivity index (χ3v) is 3.23. The molecular formula is C11H14ClNO. The van der Waals surface area contributed by atoms with Gasteiger partial charge in [0, 0.05) is 10.6 Å². The van der Waals surface area contributed by atoms with Gasteiger partial charge < -0.3 is 10.8 Å². The van der Waals surface area contributed by atoms with E-state index in [-0.39, 0.29) is 0 Å². The van der Waals surface area contributed by atoms with Crippen molar-refractivity contribution in [2.75, 3.05) is 0 Å². The zero-order valence-electron chi connectivity index (χ0n) is 7.91. The van der Waals surface area contributed by atoms with Crippen LogP contribution in [0.15, 0.2) is 24.3 Å². The van der Waals surface area contributed by atoms with Crippen molar-refractivity contribution in [3.05, 3.63) is 34.9 Å². The molecule has 1 unspecified atom stereocenters. The van der Waals surface area contributed by atoms with Crippen molar-refractivity contribution in [3.63, 3.8) is 0 Å². The van der Waals surface area contributed by atoms with Gasteiger partial charge >= 0.3 is 0 Å². The lowest BCUT2D eigenvalue weighted by molar-refractivity contribution is 0.0338. The van der Waals surface area contributed by atoms with Gasteiger partial charge in [-0.05, 0) is 37.0 Å². The molecule has 1 saturated carbocycles.